The quantitative estimate of drug-likeness (QED) is 0.833. The molecule has 1 atom stereocenters. The average Bonchev–Trinajstić information content (AvgIpc) is 2.15. The Balaban J connectivity index is 3.17. The minimum atomic E-state index is -4.43. The summed E-state index contributed by atoms with van der Waals surface area (Å²) >= 11 is 5.47. The summed E-state index contributed by atoms with van der Waals surface area (Å²) in [4.78, 5) is 0. The van der Waals surface area contributed by atoms with Gasteiger partial charge in [0.1, 0.15) is 0 Å². The first kappa shape index (κ1) is 12.3. The molecule has 0 aliphatic carbocycles. The predicted octanol–water partition coefficient (Wildman–Crippen LogP) is 3.77. The zero-order valence-electron chi connectivity index (χ0n) is 8.11. The van der Waals surface area contributed by atoms with Crippen molar-refractivity contribution in [2.24, 2.45) is 5.73 Å². The standard InChI is InChI=1S/C10H11ClF3N/c1-2-9(15)6-3-4-8(11)7(5-6)10(12,13)14/h3-5,9H,2,15H2,1H3/t9-/m0/s1. The lowest BCUT2D eigenvalue weighted by molar-refractivity contribution is -0.137. The van der Waals surface area contributed by atoms with Crippen LogP contribution in [0.25, 0.3) is 0 Å². The summed E-state index contributed by atoms with van der Waals surface area (Å²) in [5, 5.41) is -0.297. The normalized spacial score (nSPS) is 14.0. The Morgan fingerprint density at radius 3 is 2.47 bits per heavy atom. The average molecular weight is 238 g/mol. The molecule has 0 aromatic heterocycles. The van der Waals surface area contributed by atoms with E-state index in [4.69, 9.17) is 17.3 Å². The van der Waals surface area contributed by atoms with Crippen molar-refractivity contribution >= 4 is 11.6 Å². The van der Waals surface area contributed by atoms with E-state index >= 15 is 0 Å². The molecule has 2 N–H and O–H groups in total. The van der Waals surface area contributed by atoms with E-state index < -0.39 is 11.7 Å². The van der Waals surface area contributed by atoms with Crippen molar-refractivity contribution in [3.63, 3.8) is 0 Å². The summed E-state index contributed by atoms with van der Waals surface area (Å²) < 4.78 is 37.4. The number of alkyl halides is 3. The van der Waals surface area contributed by atoms with Crippen molar-refractivity contribution in [3.8, 4) is 0 Å². The molecule has 0 unspecified atom stereocenters. The van der Waals surface area contributed by atoms with Crippen LogP contribution in [0.3, 0.4) is 0 Å². The second-order valence-corrected chi connectivity index (χ2v) is 3.66. The molecule has 0 bridgehead atoms. The van der Waals surface area contributed by atoms with Gasteiger partial charge in [0.25, 0.3) is 0 Å². The van der Waals surface area contributed by atoms with Gasteiger partial charge < -0.3 is 5.73 Å². The molecule has 0 heterocycles. The fourth-order valence-electron chi connectivity index (χ4n) is 1.23. The van der Waals surface area contributed by atoms with Gasteiger partial charge >= 0.3 is 6.18 Å². The van der Waals surface area contributed by atoms with Gasteiger partial charge in [0, 0.05) is 6.04 Å². The van der Waals surface area contributed by atoms with Crippen LogP contribution >= 0.6 is 11.6 Å². The highest BCUT2D eigenvalue weighted by molar-refractivity contribution is 6.31. The Morgan fingerprint density at radius 1 is 1.40 bits per heavy atom. The highest BCUT2D eigenvalue weighted by Crippen LogP contribution is 2.36. The molecule has 0 saturated heterocycles. The third-order valence-corrected chi connectivity index (χ3v) is 2.49. The van der Waals surface area contributed by atoms with E-state index in [9.17, 15) is 13.2 Å². The first-order chi connectivity index (χ1) is 6.86. The van der Waals surface area contributed by atoms with E-state index in [1.807, 2.05) is 6.92 Å². The molecule has 1 rings (SSSR count). The molecule has 0 fully saturated rings. The van der Waals surface area contributed by atoms with Gasteiger partial charge in [-0.05, 0) is 24.1 Å². The van der Waals surface area contributed by atoms with Crippen LogP contribution in [0, 0.1) is 0 Å². The Morgan fingerprint density at radius 2 is 2.00 bits per heavy atom. The summed E-state index contributed by atoms with van der Waals surface area (Å²) in [5.74, 6) is 0. The van der Waals surface area contributed by atoms with Crippen LogP contribution in [0.2, 0.25) is 5.02 Å². The maximum atomic E-state index is 12.5. The highest BCUT2D eigenvalue weighted by atomic mass is 35.5. The Kier molecular flexibility index (Phi) is 3.62. The number of benzene rings is 1. The van der Waals surface area contributed by atoms with Crippen molar-refractivity contribution in [3.05, 3.63) is 34.3 Å². The van der Waals surface area contributed by atoms with Crippen molar-refractivity contribution in [2.75, 3.05) is 0 Å². The molecule has 0 aliphatic heterocycles. The number of halogens is 4. The number of hydrogen-bond acceptors (Lipinski definition) is 1. The number of hydrogen-bond donors (Lipinski definition) is 1. The molecule has 15 heavy (non-hydrogen) atoms. The molecular weight excluding hydrogens is 227 g/mol. The van der Waals surface area contributed by atoms with Crippen LogP contribution < -0.4 is 5.73 Å². The molecule has 0 aliphatic rings. The lowest BCUT2D eigenvalue weighted by atomic mass is 10.0. The predicted molar refractivity (Wildman–Crippen MR) is 53.7 cm³/mol. The monoisotopic (exact) mass is 237 g/mol. The van der Waals surface area contributed by atoms with Gasteiger partial charge in [-0.15, -0.1) is 0 Å². The third kappa shape index (κ3) is 2.86. The summed E-state index contributed by atoms with van der Waals surface area (Å²) in [6.07, 6.45) is -3.85. The SMILES string of the molecule is CC[C@H](N)c1ccc(Cl)c(C(F)(F)F)c1. The molecule has 0 radical (unpaired) electrons. The van der Waals surface area contributed by atoms with Crippen molar-refractivity contribution in [1.29, 1.82) is 0 Å². The van der Waals surface area contributed by atoms with Gasteiger partial charge in [0.2, 0.25) is 0 Å². The van der Waals surface area contributed by atoms with Crippen LogP contribution in [0.5, 0.6) is 0 Å². The molecule has 0 amide bonds. The molecular formula is C10H11ClF3N. The van der Waals surface area contributed by atoms with E-state index in [1.165, 1.54) is 12.1 Å². The summed E-state index contributed by atoms with van der Waals surface area (Å²) in [5.41, 5.74) is 5.27. The Hall–Kier alpha value is -0.740. The van der Waals surface area contributed by atoms with Crippen molar-refractivity contribution in [1.82, 2.24) is 0 Å². The molecule has 0 spiro atoms. The lowest BCUT2D eigenvalue weighted by Gasteiger charge is -2.14. The maximum absolute atomic E-state index is 12.5. The van der Waals surface area contributed by atoms with Crippen LogP contribution in [-0.4, -0.2) is 0 Å². The third-order valence-electron chi connectivity index (χ3n) is 2.16. The van der Waals surface area contributed by atoms with E-state index in [-0.39, 0.29) is 11.1 Å². The molecule has 1 nitrogen and oxygen atoms in total. The smallest absolute Gasteiger partial charge is 0.324 e. The molecule has 1 aromatic carbocycles. The van der Waals surface area contributed by atoms with Gasteiger partial charge in [-0.3, -0.25) is 0 Å². The van der Waals surface area contributed by atoms with Gasteiger partial charge in [-0.1, -0.05) is 24.6 Å². The highest BCUT2D eigenvalue weighted by Gasteiger charge is 2.33. The van der Waals surface area contributed by atoms with Crippen LogP contribution in [0.15, 0.2) is 18.2 Å². The van der Waals surface area contributed by atoms with Crippen molar-refractivity contribution in [2.45, 2.75) is 25.6 Å². The van der Waals surface area contributed by atoms with E-state index in [2.05, 4.69) is 0 Å². The fourth-order valence-corrected chi connectivity index (χ4v) is 1.45. The van der Waals surface area contributed by atoms with E-state index in [0.29, 0.717) is 12.0 Å². The van der Waals surface area contributed by atoms with Crippen LogP contribution in [-0.2, 0) is 6.18 Å². The Bertz CT molecular complexity index is 349. The summed E-state index contributed by atoms with van der Waals surface area (Å²) in [6, 6.07) is 3.38. The van der Waals surface area contributed by atoms with Crippen molar-refractivity contribution < 1.29 is 13.2 Å². The zero-order chi connectivity index (χ0) is 11.6. The number of nitrogens with two attached hydrogens (primary N) is 1. The molecule has 0 saturated carbocycles. The van der Waals surface area contributed by atoms with Gasteiger partial charge in [0.05, 0.1) is 10.6 Å². The number of rotatable bonds is 2. The van der Waals surface area contributed by atoms with Crippen LogP contribution in [0.4, 0.5) is 13.2 Å². The summed E-state index contributed by atoms with van der Waals surface area (Å²) in [6.45, 7) is 1.81. The lowest BCUT2D eigenvalue weighted by Crippen LogP contribution is -2.12. The van der Waals surface area contributed by atoms with E-state index in [0.717, 1.165) is 6.07 Å². The first-order valence-electron chi connectivity index (χ1n) is 4.48. The van der Waals surface area contributed by atoms with Gasteiger partial charge in [0.15, 0.2) is 0 Å². The second-order valence-electron chi connectivity index (χ2n) is 3.25. The zero-order valence-corrected chi connectivity index (χ0v) is 8.86. The van der Waals surface area contributed by atoms with Gasteiger partial charge in [-0.25, -0.2) is 0 Å². The van der Waals surface area contributed by atoms with Crippen LogP contribution in [0.1, 0.15) is 30.5 Å². The second kappa shape index (κ2) is 4.41. The van der Waals surface area contributed by atoms with E-state index in [1.54, 1.807) is 0 Å². The minimum Gasteiger partial charge on any atom is -0.324 e. The first-order valence-corrected chi connectivity index (χ1v) is 4.86. The maximum Gasteiger partial charge on any atom is 0.417 e. The topological polar surface area (TPSA) is 26.0 Å². The molecule has 5 heteroatoms. The largest absolute Gasteiger partial charge is 0.417 e. The summed E-state index contributed by atoms with van der Waals surface area (Å²) in [7, 11) is 0. The molecule has 1 aromatic rings. The van der Waals surface area contributed by atoms with Gasteiger partial charge in [-0.2, -0.15) is 13.2 Å². The molecule has 84 valence electrons. The Labute approximate surface area is 91.0 Å². The minimum absolute atomic E-state index is 0.297. The fraction of sp³-hybridized carbons (Fsp3) is 0.400.